The molecule has 5 heteroatoms. The summed E-state index contributed by atoms with van der Waals surface area (Å²) >= 11 is 0. The van der Waals surface area contributed by atoms with Gasteiger partial charge in [0.15, 0.2) is 5.78 Å². The van der Waals surface area contributed by atoms with Crippen molar-refractivity contribution in [3.05, 3.63) is 174 Å². The Bertz CT molecular complexity index is 1900. The highest BCUT2D eigenvalue weighted by Crippen LogP contribution is 2.18. The predicted molar refractivity (Wildman–Crippen MR) is 213 cm³/mol. The van der Waals surface area contributed by atoms with Crippen LogP contribution < -0.4 is 0 Å². The molecule has 52 heavy (non-hydrogen) atoms. The van der Waals surface area contributed by atoms with Crippen LogP contribution in [0.2, 0.25) is 0 Å². The van der Waals surface area contributed by atoms with Gasteiger partial charge >= 0.3 is 11.9 Å². The van der Waals surface area contributed by atoms with Gasteiger partial charge in [-0.2, -0.15) is 0 Å². The third-order valence-corrected chi connectivity index (χ3v) is 9.68. The molecule has 5 nitrogen and oxygen atoms in total. The number of ether oxygens (including phenoxy) is 2. The molecule has 0 aromatic heterocycles. The number of hydrogen-bond donors (Lipinski definition) is 0. The molecule has 5 rings (SSSR count). The average molecular weight is 699 g/mol. The Kier molecular flexibility index (Phi) is 14.9. The minimum atomic E-state index is -0.416. The van der Waals surface area contributed by atoms with E-state index in [9.17, 15) is 14.4 Å². The quantitative estimate of drug-likeness (QED) is 0.0961. The normalized spacial score (nSPS) is 10.3. The van der Waals surface area contributed by atoms with Crippen molar-refractivity contribution < 1.29 is 23.9 Å². The molecule has 0 atom stereocenters. The van der Waals surface area contributed by atoms with E-state index < -0.39 is 11.9 Å². The topological polar surface area (TPSA) is 69.7 Å². The zero-order valence-corrected chi connectivity index (χ0v) is 33.0. The second kappa shape index (κ2) is 18.8. The fourth-order valence-corrected chi connectivity index (χ4v) is 5.21. The Morgan fingerprint density at radius 2 is 0.558 bits per heavy atom. The smallest absolute Gasteiger partial charge is 0.338 e. The molecule has 0 aliphatic carbocycles. The largest absolute Gasteiger partial charge is 0.458 e. The van der Waals surface area contributed by atoms with Crippen LogP contribution in [0.25, 0.3) is 0 Å². The van der Waals surface area contributed by atoms with Gasteiger partial charge in [0.25, 0.3) is 0 Å². The molecule has 5 aromatic rings. The third kappa shape index (κ3) is 11.6. The van der Waals surface area contributed by atoms with Gasteiger partial charge in [0.2, 0.25) is 0 Å². The van der Waals surface area contributed by atoms with E-state index in [0.29, 0.717) is 11.1 Å². The average Bonchev–Trinajstić information content (AvgIpc) is 3.10. The molecule has 0 amide bonds. The van der Waals surface area contributed by atoms with Crippen LogP contribution in [-0.2, 0) is 9.47 Å². The van der Waals surface area contributed by atoms with E-state index in [1.54, 1.807) is 24.3 Å². The molecule has 5 aromatic carbocycles. The van der Waals surface area contributed by atoms with E-state index in [1.807, 2.05) is 90.1 Å². The molecule has 0 unspecified atom stereocenters. The Labute approximate surface area is 311 Å². The number of carbonyl (C=O) groups excluding carboxylic acids is 3. The van der Waals surface area contributed by atoms with E-state index in [2.05, 4.69) is 53.7 Å². The van der Waals surface area contributed by atoms with Crippen molar-refractivity contribution in [2.45, 2.75) is 83.1 Å². The van der Waals surface area contributed by atoms with E-state index in [1.165, 1.54) is 33.4 Å². The lowest BCUT2D eigenvalue weighted by molar-refractivity contribution is 0.0265. The summed E-state index contributed by atoms with van der Waals surface area (Å²) in [6.45, 7) is 24.7. The molecule has 0 heterocycles. The summed E-state index contributed by atoms with van der Waals surface area (Å²) in [5, 5.41) is 0. The van der Waals surface area contributed by atoms with Gasteiger partial charge in [0.05, 0.1) is 11.1 Å². The fraction of sp³-hybridized carbons (Fsp3) is 0.298. The summed E-state index contributed by atoms with van der Waals surface area (Å²) in [5.74, 6) is -0.734. The van der Waals surface area contributed by atoms with Crippen LogP contribution in [0, 0.1) is 83.1 Å². The SMILES string of the molecule is Cc1cc(C)c(C)cc1C.Cc1ccc(C(=O)OCCOC(=O)c2ccc(C)c(C)c2)cc1C.Cc1ccc(C(=O)c2ccc(C)c(C)c2)cc1C. The Balaban J connectivity index is 0.000000228. The number of carbonyl (C=O) groups is 3. The van der Waals surface area contributed by atoms with Crippen molar-refractivity contribution in [3.63, 3.8) is 0 Å². The van der Waals surface area contributed by atoms with E-state index >= 15 is 0 Å². The first-order valence-electron chi connectivity index (χ1n) is 17.7. The minimum Gasteiger partial charge on any atom is -0.458 e. The van der Waals surface area contributed by atoms with Crippen LogP contribution in [0.3, 0.4) is 0 Å². The molecule has 0 saturated carbocycles. The van der Waals surface area contributed by atoms with Gasteiger partial charge in [-0.25, -0.2) is 9.59 Å². The molecule has 272 valence electrons. The van der Waals surface area contributed by atoms with Crippen LogP contribution in [0.1, 0.15) is 103 Å². The zero-order valence-electron chi connectivity index (χ0n) is 33.0. The lowest BCUT2D eigenvalue weighted by Crippen LogP contribution is -2.14. The van der Waals surface area contributed by atoms with Crippen molar-refractivity contribution >= 4 is 17.7 Å². The first-order valence-corrected chi connectivity index (χ1v) is 17.7. The Morgan fingerprint density at radius 3 is 0.827 bits per heavy atom. The number of ketones is 1. The van der Waals surface area contributed by atoms with Gasteiger partial charge in [0, 0.05) is 11.1 Å². The van der Waals surface area contributed by atoms with Gasteiger partial charge in [-0.15, -0.1) is 0 Å². The van der Waals surface area contributed by atoms with Crippen LogP contribution >= 0.6 is 0 Å². The lowest BCUT2D eigenvalue weighted by atomic mass is 9.97. The summed E-state index contributed by atoms with van der Waals surface area (Å²) in [7, 11) is 0. The summed E-state index contributed by atoms with van der Waals surface area (Å²) in [5.41, 5.74) is 17.1. The predicted octanol–water partition coefficient (Wildman–Crippen LogP) is 11.0. The highest BCUT2D eigenvalue weighted by Gasteiger charge is 2.12. The van der Waals surface area contributed by atoms with Crippen molar-refractivity contribution in [2.75, 3.05) is 13.2 Å². The molecule has 0 radical (unpaired) electrons. The Hall–Kier alpha value is -5.29. The summed E-state index contributed by atoms with van der Waals surface area (Å²) < 4.78 is 10.3. The Morgan fingerprint density at radius 1 is 0.327 bits per heavy atom. The van der Waals surface area contributed by atoms with E-state index in [0.717, 1.165) is 44.5 Å². The van der Waals surface area contributed by atoms with Gasteiger partial charge in [-0.3, -0.25) is 4.79 Å². The second-order valence-electron chi connectivity index (χ2n) is 13.8. The van der Waals surface area contributed by atoms with E-state index in [-0.39, 0.29) is 19.0 Å². The van der Waals surface area contributed by atoms with E-state index in [4.69, 9.17) is 9.47 Å². The maximum Gasteiger partial charge on any atom is 0.338 e. The maximum absolute atomic E-state index is 12.4. The fourth-order valence-electron chi connectivity index (χ4n) is 5.21. The zero-order chi connectivity index (χ0) is 38.7. The first-order chi connectivity index (χ1) is 24.5. The summed E-state index contributed by atoms with van der Waals surface area (Å²) in [6.07, 6.45) is 0. The van der Waals surface area contributed by atoms with Crippen LogP contribution in [0.5, 0.6) is 0 Å². The molecule has 0 bridgehead atoms. The first kappa shape index (κ1) is 41.1. The van der Waals surface area contributed by atoms with Gasteiger partial charge in [-0.1, -0.05) is 48.5 Å². The van der Waals surface area contributed by atoms with Gasteiger partial charge in [0.1, 0.15) is 13.2 Å². The molecular formula is C47H54O5. The number of benzene rings is 5. The number of rotatable bonds is 7. The lowest BCUT2D eigenvalue weighted by Gasteiger charge is -2.08. The molecule has 0 aliphatic heterocycles. The van der Waals surface area contributed by atoms with Gasteiger partial charge in [-0.05, 0) is 186 Å². The third-order valence-electron chi connectivity index (χ3n) is 9.68. The molecule has 0 N–H and O–H groups in total. The maximum atomic E-state index is 12.4. The molecule has 0 aliphatic rings. The van der Waals surface area contributed by atoms with Gasteiger partial charge < -0.3 is 9.47 Å². The monoisotopic (exact) mass is 698 g/mol. The highest BCUT2D eigenvalue weighted by atomic mass is 16.6. The van der Waals surface area contributed by atoms with Crippen LogP contribution in [0.15, 0.2) is 84.9 Å². The standard InChI is InChI=1S/C20H22O4.C17H18O.C10H14/c1-13-5-7-17(11-15(13)3)19(21)23-9-10-24-20(22)18-8-6-14(2)16(4)12-18;1-11-5-7-15(9-13(11)3)17(18)16-8-6-12(2)14(4)10-16;1-7-5-9(3)10(4)6-8(7)2/h5-8,11-12H,9-10H2,1-4H3;5-10H,1-4H3;5-6H,1-4H3. The molecule has 0 spiro atoms. The number of hydrogen-bond acceptors (Lipinski definition) is 5. The van der Waals surface area contributed by atoms with Crippen molar-refractivity contribution in [1.29, 1.82) is 0 Å². The molecule has 0 fully saturated rings. The summed E-state index contributed by atoms with van der Waals surface area (Å²) in [4.78, 5) is 36.3. The van der Waals surface area contributed by atoms with Crippen molar-refractivity contribution in [3.8, 4) is 0 Å². The highest BCUT2D eigenvalue weighted by molar-refractivity contribution is 6.09. The van der Waals surface area contributed by atoms with Crippen molar-refractivity contribution in [2.24, 2.45) is 0 Å². The minimum absolute atomic E-state index is 0.0301. The number of aryl methyl sites for hydroxylation is 12. The van der Waals surface area contributed by atoms with Crippen LogP contribution in [-0.4, -0.2) is 30.9 Å². The molecule has 0 saturated heterocycles. The second-order valence-corrected chi connectivity index (χ2v) is 13.8. The van der Waals surface area contributed by atoms with Crippen LogP contribution in [0.4, 0.5) is 0 Å². The van der Waals surface area contributed by atoms with Crippen molar-refractivity contribution in [1.82, 2.24) is 0 Å². The molecular weight excluding hydrogens is 645 g/mol. The number of esters is 2. The summed E-state index contributed by atoms with van der Waals surface area (Å²) in [6, 6.07) is 27.0.